The average molecular weight is 313 g/mol. The van der Waals surface area contributed by atoms with Gasteiger partial charge in [-0.25, -0.2) is 0 Å². The Bertz CT molecular complexity index is 371. The van der Waals surface area contributed by atoms with E-state index in [9.17, 15) is 0 Å². The van der Waals surface area contributed by atoms with Crippen LogP contribution < -0.4 is 11.3 Å². The number of hydrazine groups is 1. The fourth-order valence-electron chi connectivity index (χ4n) is 5.11. The van der Waals surface area contributed by atoms with Crippen LogP contribution in [-0.2, 0) is 4.74 Å². The van der Waals surface area contributed by atoms with Crippen molar-refractivity contribution < 1.29 is 4.74 Å². The number of rotatable bonds is 3. The summed E-state index contributed by atoms with van der Waals surface area (Å²) in [5.41, 5.74) is 4.14. The molecule has 0 aromatic carbocycles. The highest BCUT2D eigenvalue weighted by molar-refractivity contribution is 7.99. The predicted octanol–water partition coefficient (Wildman–Crippen LogP) is 3.19. The van der Waals surface area contributed by atoms with Crippen LogP contribution in [0.25, 0.3) is 0 Å². The van der Waals surface area contributed by atoms with E-state index >= 15 is 0 Å². The van der Waals surface area contributed by atoms with Crippen molar-refractivity contribution in [3.05, 3.63) is 0 Å². The quantitative estimate of drug-likeness (QED) is 0.620. The van der Waals surface area contributed by atoms with Gasteiger partial charge in [0.2, 0.25) is 0 Å². The van der Waals surface area contributed by atoms with Crippen molar-refractivity contribution in [2.45, 2.75) is 65.0 Å². The highest BCUT2D eigenvalue weighted by Crippen LogP contribution is 2.70. The third-order valence-electron chi connectivity index (χ3n) is 7.13. The van der Waals surface area contributed by atoms with Crippen LogP contribution in [0.15, 0.2) is 0 Å². The van der Waals surface area contributed by atoms with Gasteiger partial charge in [0.15, 0.2) is 0 Å². The van der Waals surface area contributed by atoms with Gasteiger partial charge in [-0.05, 0) is 59.9 Å². The summed E-state index contributed by atoms with van der Waals surface area (Å²) in [7, 11) is 0. The van der Waals surface area contributed by atoms with Crippen molar-refractivity contribution in [2.75, 3.05) is 18.1 Å². The predicted molar refractivity (Wildman–Crippen MR) is 90.1 cm³/mol. The molecule has 3 nitrogen and oxygen atoms in total. The Labute approximate surface area is 134 Å². The summed E-state index contributed by atoms with van der Waals surface area (Å²) >= 11 is 2.08. The molecule has 3 aliphatic rings. The molecule has 0 radical (unpaired) electrons. The molecule has 1 aliphatic carbocycles. The van der Waals surface area contributed by atoms with E-state index in [2.05, 4.69) is 44.9 Å². The van der Waals surface area contributed by atoms with E-state index in [0.29, 0.717) is 28.7 Å². The average Bonchev–Trinajstić information content (AvgIpc) is 2.84. The monoisotopic (exact) mass is 312 g/mol. The maximum Gasteiger partial charge on any atom is 0.0701 e. The van der Waals surface area contributed by atoms with E-state index in [1.54, 1.807) is 0 Å². The highest BCUT2D eigenvalue weighted by atomic mass is 32.2. The second kappa shape index (κ2) is 5.40. The van der Waals surface area contributed by atoms with Crippen molar-refractivity contribution in [3.63, 3.8) is 0 Å². The Morgan fingerprint density at radius 1 is 1.14 bits per heavy atom. The second-order valence-corrected chi connectivity index (χ2v) is 9.73. The Hall–Kier alpha value is 0.230. The minimum absolute atomic E-state index is 0.159. The molecule has 2 atom stereocenters. The van der Waals surface area contributed by atoms with Gasteiger partial charge < -0.3 is 4.74 Å². The summed E-state index contributed by atoms with van der Waals surface area (Å²) in [5, 5.41) is 0. The zero-order valence-electron chi connectivity index (χ0n) is 14.1. The van der Waals surface area contributed by atoms with Crippen LogP contribution in [0.5, 0.6) is 0 Å². The number of hydrogen-bond donors (Lipinski definition) is 2. The minimum atomic E-state index is 0.159. The van der Waals surface area contributed by atoms with Gasteiger partial charge in [-0.15, -0.1) is 0 Å². The zero-order chi connectivity index (χ0) is 15.3. The first-order valence-electron chi connectivity index (χ1n) is 8.52. The van der Waals surface area contributed by atoms with Crippen LogP contribution in [0.3, 0.4) is 0 Å². The molecule has 2 saturated heterocycles. The number of nitrogens with two attached hydrogens (primary N) is 1. The van der Waals surface area contributed by atoms with Crippen molar-refractivity contribution in [3.8, 4) is 0 Å². The van der Waals surface area contributed by atoms with Crippen molar-refractivity contribution in [2.24, 2.45) is 28.5 Å². The first kappa shape index (κ1) is 16.1. The third-order valence-corrected chi connectivity index (χ3v) is 8.11. The van der Waals surface area contributed by atoms with Gasteiger partial charge in [0, 0.05) is 12.6 Å². The van der Waals surface area contributed by atoms with Crippen LogP contribution in [0, 0.1) is 22.7 Å². The van der Waals surface area contributed by atoms with Gasteiger partial charge in [-0.2, -0.15) is 11.8 Å². The Balaban J connectivity index is 1.73. The van der Waals surface area contributed by atoms with Crippen molar-refractivity contribution in [1.29, 1.82) is 0 Å². The van der Waals surface area contributed by atoms with Gasteiger partial charge >= 0.3 is 0 Å². The molecule has 4 heteroatoms. The summed E-state index contributed by atoms with van der Waals surface area (Å²) in [6, 6.07) is 0.436. The smallest absolute Gasteiger partial charge is 0.0701 e. The Kier molecular flexibility index (Phi) is 4.14. The molecule has 122 valence electrons. The van der Waals surface area contributed by atoms with Crippen LogP contribution in [0.4, 0.5) is 0 Å². The summed E-state index contributed by atoms with van der Waals surface area (Å²) in [5.74, 6) is 9.86. The molecule has 0 bridgehead atoms. The molecule has 2 heterocycles. The molecule has 1 spiro atoms. The lowest BCUT2D eigenvalue weighted by Crippen LogP contribution is -2.51. The Morgan fingerprint density at radius 2 is 1.76 bits per heavy atom. The summed E-state index contributed by atoms with van der Waals surface area (Å²) in [4.78, 5) is 0. The number of thioether (sulfide) groups is 1. The van der Waals surface area contributed by atoms with Crippen LogP contribution in [0.1, 0.15) is 53.4 Å². The first-order valence-corrected chi connectivity index (χ1v) is 9.67. The molecule has 3 rings (SSSR count). The topological polar surface area (TPSA) is 47.3 Å². The third kappa shape index (κ3) is 2.56. The van der Waals surface area contributed by atoms with Crippen LogP contribution >= 0.6 is 11.8 Å². The molecule has 2 unspecified atom stereocenters. The standard InChI is InChI=1S/C17H32N2OS/c1-15(2)14(16(15,3)4)13(19-18)12-5-8-20-17(11-12)6-9-21-10-7-17/h12-14,19H,5-11,18H2,1-4H3. The molecular formula is C17H32N2OS. The normalized spacial score (nSPS) is 35.6. The minimum Gasteiger partial charge on any atom is -0.375 e. The summed E-state index contributed by atoms with van der Waals surface area (Å²) in [6.45, 7) is 10.5. The lowest BCUT2D eigenvalue weighted by molar-refractivity contribution is -0.109. The Morgan fingerprint density at radius 3 is 2.29 bits per heavy atom. The zero-order valence-corrected chi connectivity index (χ0v) is 14.9. The SMILES string of the molecule is CC1(C)C(C(NN)C2CCOC3(CCSCC3)C2)C1(C)C. The van der Waals surface area contributed by atoms with Gasteiger partial charge in [0.25, 0.3) is 0 Å². The molecule has 3 fully saturated rings. The lowest BCUT2D eigenvalue weighted by atomic mass is 9.76. The van der Waals surface area contributed by atoms with Crippen molar-refractivity contribution >= 4 is 11.8 Å². The van der Waals surface area contributed by atoms with E-state index < -0.39 is 0 Å². The van der Waals surface area contributed by atoms with Gasteiger partial charge in [-0.3, -0.25) is 11.3 Å². The number of ether oxygens (including phenoxy) is 1. The summed E-state index contributed by atoms with van der Waals surface area (Å²) in [6.07, 6.45) is 4.81. The molecule has 0 amide bonds. The molecule has 21 heavy (non-hydrogen) atoms. The highest BCUT2D eigenvalue weighted by Gasteiger charge is 2.68. The number of nitrogens with one attached hydrogen (secondary N) is 1. The number of hydrogen-bond acceptors (Lipinski definition) is 4. The fourth-order valence-corrected chi connectivity index (χ4v) is 6.35. The largest absolute Gasteiger partial charge is 0.375 e. The molecular weight excluding hydrogens is 280 g/mol. The molecule has 0 aromatic rings. The lowest BCUT2D eigenvalue weighted by Gasteiger charge is -2.45. The van der Waals surface area contributed by atoms with E-state index in [1.807, 2.05) is 0 Å². The van der Waals surface area contributed by atoms with Gasteiger partial charge in [-0.1, -0.05) is 27.7 Å². The first-order chi connectivity index (χ1) is 9.84. The van der Waals surface area contributed by atoms with E-state index in [0.717, 1.165) is 13.0 Å². The van der Waals surface area contributed by atoms with Crippen LogP contribution in [0.2, 0.25) is 0 Å². The van der Waals surface area contributed by atoms with E-state index in [4.69, 9.17) is 10.6 Å². The van der Waals surface area contributed by atoms with E-state index in [1.165, 1.54) is 30.8 Å². The maximum absolute atomic E-state index is 6.25. The van der Waals surface area contributed by atoms with Crippen molar-refractivity contribution in [1.82, 2.24) is 5.43 Å². The molecule has 0 aromatic heterocycles. The van der Waals surface area contributed by atoms with Gasteiger partial charge in [0.05, 0.1) is 5.60 Å². The van der Waals surface area contributed by atoms with Crippen LogP contribution in [-0.4, -0.2) is 29.8 Å². The molecule has 1 saturated carbocycles. The summed E-state index contributed by atoms with van der Waals surface area (Å²) < 4.78 is 6.25. The molecule has 3 N–H and O–H groups in total. The fraction of sp³-hybridized carbons (Fsp3) is 1.00. The van der Waals surface area contributed by atoms with Gasteiger partial charge in [0.1, 0.15) is 0 Å². The maximum atomic E-state index is 6.25. The van der Waals surface area contributed by atoms with E-state index in [-0.39, 0.29) is 5.60 Å². The second-order valence-electron chi connectivity index (χ2n) is 8.51. The molecule has 2 aliphatic heterocycles.